The van der Waals surface area contributed by atoms with Crippen LogP contribution in [-0.4, -0.2) is 45.4 Å². The molecule has 16 heavy (non-hydrogen) atoms. The molecule has 2 aliphatic rings. The van der Waals surface area contributed by atoms with Gasteiger partial charge in [-0.15, -0.1) is 0 Å². The molecule has 6 heteroatoms. The molecule has 1 aliphatic heterocycles. The zero-order chi connectivity index (χ0) is 11.6. The van der Waals surface area contributed by atoms with Gasteiger partial charge in [0.05, 0.1) is 0 Å². The van der Waals surface area contributed by atoms with Crippen LogP contribution >= 0.6 is 0 Å². The molecule has 94 valence electrons. The standard InChI is InChI=1S/C10H21N3O2S/c1-13(8-9-3-2-6-11-7-9)16(14,15)12-10-4-5-10/h9-12H,2-8H2,1H3. The molecule has 0 bridgehead atoms. The van der Waals surface area contributed by atoms with Gasteiger partial charge < -0.3 is 5.32 Å². The molecule has 2 fully saturated rings. The van der Waals surface area contributed by atoms with Crippen molar-refractivity contribution in [2.24, 2.45) is 5.92 Å². The summed E-state index contributed by atoms with van der Waals surface area (Å²) in [4.78, 5) is 0. The predicted molar refractivity (Wildman–Crippen MR) is 63.3 cm³/mol. The molecular weight excluding hydrogens is 226 g/mol. The zero-order valence-electron chi connectivity index (χ0n) is 9.78. The first-order valence-electron chi connectivity index (χ1n) is 6.02. The fraction of sp³-hybridized carbons (Fsp3) is 1.00. The van der Waals surface area contributed by atoms with E-state index in [0.717, 1.165) is 38.8 Å². The second kappa shape index (κ2) is 5.00. The molecule has 0 aromatic carbocycles. The van der Waals surface area contributed by atoms with Gasteiger partial charge in [0.25, 0.3) is 10.2 Å². The Bertz CT molecular complexity index is 321. The maximum absolute atomic E-state index is 11.8. The number of hydrogen-bond donors (Lipinski definition) is 2. The van der Waals surface area contributed by atoms with E-state index in [1.165, 1.54) is 4.31 Å². The highest BCUT2D eigenvalue weighted by Crippen LogP contribution is 2.21. The lowest BCUT2D eigenvalue weighted by Gasteiger charge is -2.27. The molecule has 1 heterocycles. The lowest BCUT2D eigenvalue weighted by molar-refractivity contribution is 0.312. The molecule has 1 atom stereocenters. The van der Waals surface area contributed by atoms with Crippen molar-refractivity contribution in [2.45, 2.75) is 31.7 Å². The second-order valence-corrected chi connectivity index (χ2v) is 6.70. The Morgan fingerprint density at radius 3 is 2.69 bits per heavy atom. The van der Waals surface area contributed by atoms with E-state index < -0.39 is 10.2 Å². The van der Waals surface area contributed by atoms with Crippen LogP contribution in [0.4, 0.5) is 0 Å². The van der Waals surface area contributed by atoms with Gasteiger partial charge in [-0.25, -0.2) is 0 Å². The van der Waals surface area contributed by atoms with E-state index in [1.807, 2.05) is 0 Å². The van der Waals surface area contributed by atoms with Crippen LogP contribution in [-0.2, 0) is 10.2 Å². The number of nitrogens with zero attached hydrogens (tertiary/aromatic N) is 1. The molecule has 0 radical (unpaired) electrons. The monoisotopic (exact) mass is 247 g/mol. The van der Waals surface area contributed by atoms with Crippen molar-refractivity contribution in [3.63, 3.8) is 0 Å². The van der Waals surface area contributed by atoms with Gasteiger partial charge in [0, 0.05) is 19.6 Å². The Kier molecular flexibility index (Phi) is 3.84. The highest BCUT2D eigenvalue weighted by molar-refractivity contribution is 7.87. The largest absolute Gasteiger partial charge is 0.316 e. The van der Waals surface area contributed by atoms with Crippen LogP contribution in [0, 0.1) is 5.92 Å². The summed E-state index contributed by atoms with van der Waals surface area (Å²) < 4.78 is 27.9. The molecule has 1 unspecified atom stereocenters. The first-order chi connectivity index (χ1) is 7.58. The molecule has 1 aliphatic carbocycles. The number of rotatable bonds is 5. The van der Waals surface area contributed by atoms with Gasteiger partial charge in [-0.1, -0.05) is 0 Å². The van der Waals surface area contributed by atoms with Crippen molar-refractivity contribution in [2.75, 3.05) is 26.7 Å². The smallest absolute Gasteiger partial charge is 0.279 e. The summed E-state index contributed by atoms with van der Waals surface area (Å²) in [5.74, 6) is 0.453. The summed E-state index contributed by atoms with van der Waals surface area (Å²) in [6.45, 7) is 2.62. The molecule has 2 N–H and O–H groups in total. The van der Waals surface area contributed by atoms with E-state index in [-0.39, 0.29) is 6.04 Å². The molecule has 2 rings (SSSR count). The molecule has 1 saturated carbocycles. The molecule has 1 saturated heterocycles. The maximum atomic E-state index is 11.8. The van der Waals surface area contributed by atoms with Gasteiger partial charge in [0.1, 0.15) is 0 Å². The Balaban J connectivity index is 1.82. The van der Waals surface area contributed by atoms with E-state index in [9.17, 15) is 8.42 Å². The zero-order valence-corrected chi connectivity index (χ0v) is 10.6. The van der Waals surface area contributed by atoms with Gasteiger partial charge in [0.2, 0.25) is 0 Å². The minimum absolute atomic E-state index is 0.192. The molecule has 0 amide bonds. The van der Waals surface area contributed by atoms with Gasteiger partial charge in [-0.2, -0.15) is 17.4 Å². The van der Waals surface area contributed by atoms with Crippen LogP contribution in [0.3, 0.4) is 0 Å². The molecular formula is C10H21N3O2S. The molecule has 0 spiro atoms. The normalized spacial score (nSPS) is 27.2. The molecule has 5 nitrogen and oxygen atoms in total. The summed E-state index contributed by atoms with van der Waals surface area (Å²) >= 11 is 0. The van der Waals surface area contributed by atoms with Gasteiger partial charge in [-0.3, -0.25) is 0 Å². The summed E-state index contributed by atoms with van der Waals surface area (Å²) in [5.41, 5.74) is 0. The van der Waals surface area contributed by atoms with Gasteiger partial charge in [0.15, 0.2) is 0 Å². The fourth-order valence-electron chi connectivity index (χ4n) is 2.04. The van der Waals surface area contributed by atoms with E-state index in [1.54, 1.807) is 7.05 Å². The fourth-order valence-corrected chi connectivity index (χ4v) is 3.29. The lowest BCUT2D eigenvalue weighted by atomic mass is 10.00. The van der Waals surface area contributed by atoms with Gasteiger partial charge in [-0.05, 0) is 44.7 Å². The van der Waals surface area contributed by atoms with Crippen LogP contribution in [0.5, 0.6) is 0 Å². The number of nitrogens with one attached hydrogen (secondary N) is 2. The topological polar surface area (TPSA) is 61.4 Å². The van der Waals surface area contributed by atoms with Crippen molar-refractivity contribution in [3.8, 4) is 0 Å². The van der Waals surface area contributed by atoms with E-state index >= 15 is 0 Å². The first kappa shape index (κ1) is 12.3. The molecule has 0 aromatic rings. The van der Waals surface area contributed by atoms with Crippen molar-refractivity contribution < 1.29 is 8.42 Å². The van der Waals surface area contributed by atoms with Crippen LogP contribution in [0.2, 0.25) is 0 Å². The summed E-state index contributed by atoms with van der Waals surface area (Å²) in [7, 11) is -1.57. The van der Waals surface area contributed by atoms with E-state index in [2.05, 4.69) is 10.0 Å². The highest BCUT2D eigenvalue weighted by atomic mass is 32.2. The minimum atomic E-state index is -3.24. The Morgan fingerprint density at radius 2 is 2.12 bits per heavy atom. The number of hydrogen-bond acceptors (Lipinski definition) is 3. The van der Waals surface area contributed by atoms with Crippen LogP contribution in [0.1, 0.15) is 25.7 Å². The quantitative estimate of drug-likeness (QED) is 0.714. The van der Waals surface area contributed by atoms with Crippen molar-refractivity contribution >= 4 is 10.2 Å². The third kappa shape index (κ3) is 3.41. The van der Waals surface area contributed by atoms with Crippen molar-refractivity contribution in [1.82, 2.24) is 14.3 Å². The predicted octanol–water partition coefficient (Wildman–Crippen LogP) is -0.0854. The van der Waals surface area contributed by atoms with Crippen LogP contribution < -0.4 is 10.0 Å². The number of piperidine rings is 1. The van der Waals surface area contributed by atoms with E-state index in [0.29, 0.717) is 12.5 Å². The average molecular weight is 247 g/mol. The summed E-state index contributed by atoms with van der Waals surface area (Å²) in [6.07, 6.45) is 4.24. The van der Waals surface area contributed by atoms with E-state index in [4.69, 9.17) is 0 Å². The Labute approximate surface area is 97.8 Å². The third-order valence-corrected chi connectivity index (χ3v) is 4.82. The average Bonchev–Trinajstić information content (AvgIpc) is 3.02. The lowest BCUT2D eigenvalue weighted by Crippen LogP contribution is -2.44. The highest BCUT2D eigenvalue weighted by Gasteiger charge is 2.30. The SMILES string of the molecule is CN(CC1CCCNC1)S(=O)(=O)NC1CC1. The summed E-state index contributed by atoms with van der Waals surface area (Å²) in [5, 5.41) is 3.30. The maximum Gasteiger partial charge on any atom is 0.279 e. The van der Waals surface area contributed by atoms with Crippen molar-refractivity contribution in [1.29, 1.82) is 0 Å². The first-order valence-corrected chi connectivity index (χ1v) is 7.46. The third-order valence-electron chi connectivity index (χ3n) is 3.22. The van der Waals surface area contributed by atoms with Gasteiger partial charge >= 0.3 is 0 Å². The minimum Gasteiger partial charge on any atom is -0.316 e. The van der Waals surface area contributed by atoms with Crippen molar-refractivity contribution in [3.05, 3.63) is 0 Å². The van der Waals surface area contributed by atoms with Crippen LogP contribution in [0.15, 0.2) is 0 Å². The Hall–Kier alpha value is -0.170. The van der Waals surface area contributed by atoms with Crippen LogP contribution in [0.25, 0.3) is 0 Å². The molecule has 0 aromatic heterocycles. The Morgan fingerprint density at radius 1 is 1.38 bits per heavy atom. The summed E-state index contributed by atoms with van der Waals surface area (Å²) in [6, 6.07) is 0.192. The second-order valence-electron chi connectivity index (χ2n) is 4.89.